The SMILES string of the molecule is CCOc1ccc(C(=O)NNC(=O)C(Sc2ccccc2)c2ccccc2)cc1. The Balaban J connectivity index is 1.67. The average Bonchev–Trinajstić information content (AvgIpc) is 2.77. The van der Waals surface area contributed by atoms with E-state index < -0.39 is 11.2 Å². The van der Waals surface area contributed by atoms with E-state index >= 15 is 0 Å². The van der Waals surface area contributed by atoms with Crippen LogP contribution < -0.4 is 15.6 Å². The number of amides is 2. The Kier molecular flexibility index (Phi) is 7.30. The zero-order chi connectivity index (χ0) is 20.5. The highest BCUT2D eigenvalue weighted by Crippen LogP contribution is 2.35. The third kappa shape index (κ3) is 5.86. The standard InChI is InChI=1S/C23H22N2O3S/c1-2-28-19-15-13-18(14-16-19)22(26)24-25-23(27)21(17-9-5-3-6-10-17)29-20-11-7-4-8-12-20/h3-16,21H,2H2,1H3,(H,24,26)(H,25,27). The van der Waals surface area contributed by atoms with Crippen molar-refractivity contribution < 1.29 is 14.3 Å². The van der Waals surface area contributed by atoms with E-state index in [9.17, 15) is 9.59 Å². The molecule has 0 aliphatic rings. The van der Waals surface area contributed by atoms with Crippen LogP contribution in [0.1, 0.15) is 28.1 Å². The molecule has 3 aromatic carbocycles. The van der Waals surface area contributed by atoms with Gasteiger partial charge in [-0.3, -0.25) is 20.4 Å². The average molecular weight is 407 g/mol. The van der Waals surface area contributed by atoms with Gasteiger partial charge in [-0.15, -0.1) is 11.8 Å². The van der Waals surface area contributed by atoms with Gasteiger partial charge in [-0.05, 0) is 48.9 Å². The third-order valence-corrected chi connectivity index (χ3v) is 5.33. The van der Waals surface area contributed by atoms with Crippen molar-refractivity contribution in [3.8, 4) is 5.75 Å². The fourth-order valence-electron chi connectivity index (χ4n) is 2.66. The summed E-state index contributed by atoms with van der Waals surface area (Å²) in [5, 5.41) is -0.501. The van der Waals surface area contributed by atoms with E-state index in [1.807, 2.05) is 67.6 Å². The third-order valence-electron chi connectivity index (χ3n) is 4.06. The maximum absolute atomic E-state index is 12.9. The van der Waals surface area contributed by atoms with Crippen molar-refractivity contribution in [2.75, 3.05) is 6.61 Å². The quantitative estimate of drug-likeness (QED) is 0.451. The van der Waals surface area contributed by atoms with Gasteiger partial charge in [0.2, 0.25) is 0 Å². The van der Waals surface area contributed by atoms with Gasteiger partial charge >= 0.3 is 0 Å². The van der Waals surface area contributed by atoms with Crippen molar-refractivity contribution in [1.29, 1.82) is 0 Å². The van der Waals surface area contributed by atoms with Gasteiger partial charge in [-0.25, -0.2) is 0 Å². The fraction of sp³-hybridized carbons (Fsp3) is 0.130. The Morgan fingerprint density at radius 1 is 0.862 bits per heavy atom. The number of rotatable bonds is 7. The Hall–Kier alpha value is -3.25. The normalized spacial score (nSPS) is 11.3. The summed E-state index contributed by atoms with van der Waals surface area (Å²) in [4.78, 5) is 26.2. The molecule has 0 aliphatic carbocycles. The number of benzene rings is 3. The molecule has 0 radical (unpaired) electrons. The number of carbonyl (C=O) groups excluding carboxylic acids is 2. The molecular formula is C23H22N2O3S. The summed E-state index contributed by atoms with van der Waals surface area (Å²) in [6, 6.07) is 25.9. The molecule has 0 aliphatic heterocycles. The van der Waals surface area contributed by atoms with E-state index in [1.54, 1.807) is 24.3 Å². The summed E-state index contributed by atoms with van der Waals surface area (Å²) in [6.45, 7) is 2.45. The number of ether oxygens (including phenoxy) is 1. The lowest BCUT2D eigenvalue weighted by atomic mass is 10.1. The summed E-state index contributed by atoms with van der Waals surface area (Å²) >= 11 is 1.42. The summed E-state index contributed by atoms with van der Waals surface area (Å²) in [5.74, 6) is -0.00116. The second-order valence-electron chi connectivity index (χ2n) is 6.12. The van der Waals surface area contributed by atoms with Crippen LogP contribution >= 0.6 is 11.8 Å². The molecule has 0 fully saturated rings. The number of nitrogens with one attached hydrogen (secondary N) is 2. The molecule has 0 saturated carbocycles. The Bertz CT molecular complexity index is 931. The van der Waals surface area contributed by atoms with Gasteiger partial charge in [-0.2, -0.15) is 0 Å². The minimum Gasteiger partial charge on any atom is -0.494 e. The van der Waals surface area contributed by atoms with Gasteiger partial charge in [-0.1, -0.05) is 48.5 Å². The second kappa shape index (κ2) is 10.3. The van der Waals surface area contributed by atoms with Gasteiger partial charge < -0.3 is 4.74 Å². The molecule has 3 aromatic rings. The summed E-state index contributed by atoms with van der Waals surface area (Å²) in [5.41, 5.74) is 6.33. The van der Waals surface area contributed by atoms with Crippen LogP contribution in [0.3, 0.4) is 0 Å². The van der Waals surface area contributed by atoms with Crippen LogP contribution in [-0.4, -0.2) is 18.4 Å². The maximum Gasteiger partial charge on any atom is 0.269 e. The van der Waals surface area contributed by atoms with Crippen LogP contribution in [0.2, 0.25) is 0 Å². The van der Waals surface area contributed by atoms with Crippen molar-refractivity contribution in [1.82, 2.24) is 10.9 Å². The van der Waals surface area contributed by atoms with Gasteiger partial charge in [0.05, 0.1) is 6.61 Å². The van der Waals surface area contributed by atoms with Crippen LogP contribution in [0.5, 0.6) is 5.75 Å². The predicted octanol–water partition coefficient (Wildman–Crippen LogP) is 4.38. The lowest BCUT2D eigenvalue weighted by molar-refractivity contribution is -0.121. The molecule has 148 valence electrons. The fourth-order valence-corrected chi connectivity index (χ4v) is 3.71. The van der Waals surface area contributed by atoms with Crippen LogP contribution in [0.4, 0.5) is 0 Å². The van der Waals surface area contributed by atoms with E-state index in [2.05, 4.69) is 10.9 Å². The Labute approximate surface area is 174 Å². The molecule has 0 bridgehead atoms. The zero-order valence-corrected chi connectivity index (χ0v) is 16.8. The number of thioether (sulfide) groups is 1. The monoisotopic (exact) mass is 406 g/mol. The van der Waals surface area contributed by atoms with Crippen molar-refractivity contribution in [2.24, 2.45) is 0 Å². The lowest BCUT2D eigenvalue weighted by Crippen LogP contribution is -2.43. The molecule has 1 atom stereocenters. The van der Waals surface area contributed by atoms with Crippen molar-refractivity contribution in [2.45, 2.75) is 17.1 Å². The highest BCUT2D eigenvalue weighted by atomic mass is 32.2. The largest absolute Gasteiger partial charge is 0.494 e. The lowest BCUT2D eigenvalue weighted by Gasteiger charge is -2.17. The Morgan fingerprint density at radius 3 is 2.10 bits per heavy atom. The van der Waals surface area contributed by atoms with Crippen molar-refractivity contribution in [3.63, 3.8) is 0 Å². The molecule has 6 heteroatoms. The number of hydrogen-bond donors (Lipinski definition) is 2. The smallest absolute Gasteiger partial charge is 0.269 e. The number of hydrazine groups is 1. The summed E-state index contributed by atoms with van der Waals surface area (Å²) < 4.78 is 5.37. The number of carbonyl (C=O) groups is 2. The molecule has 2 N–H and O–H groups in total. The highest BCUT2D eigenvalue weighted by molar-refractivity contribution is 8.00. The molecule has 0 saturated heterocycles. The first kappa shape index (κ1) is 20.5. The van der Waals surface area contributed by atoms with Gasteiger partial charge in [0.1, 0.15) is 11.0 Å². The molecule has 1 unspecified atom stereocenters. The molecule has 2 amide bonds. The molecule has 0 spiro atoms. The first-order chi connectivity index (χ1) is 14.2. The van der Waals surface area contributed by atoms with Crippen LogP contribution in [-0.2, 0) is 4.79 Å². The van der Waals surface area contributed by atoms with Crippen LogP contribution in [0.15, 0.2) is 89.8 Å². The number of hydrogen-bond acceptors (Lipinski definition) is 4. The molecule has 5 nitrogen and oxygen atoms in total. The predicted molar refractivity (Wildman–Crippen MR) is 115 cm³/mol. The summed E-state index contributed by atoms with van der Waals surface area (Å²) in [7, 11) is 0. The second-order valence-corrected chi connectivity index (χ2v) is 7.30. The minimum absolute atomic E-state index is 0.302. The van der Waals surface area contributed by atoms with E-state index in [1.165, 1.54) is 11.8 Å². The van der Waals surface area contributed by atoms with Crippen LogP contribution in [0, 0.1) is 0 Å². The highest BCUT2D eigenvalue weighted by Gasteiger charge is 2.22. The topological polar surface area (TPSA) is 67.4 Å². The van der Waals surface area contributed by atoms with E-state index in [4.69, 9.17) is 4.74 Å². The van der Waals surface area contributed by atoms with Gasteiger partial charge in [0.15, 0.2) is 0 Å². The molecule has 0 heterocycles. The molecule has 3 rings (SSSR count). The molecule has 0 aromatic heterocycles. The first-order valence-corrected chi connectivity index (χ1v) is 10.1. The zero-order valence-electron chi connectivity index (χ0n) is 16.0. The van der Waals surface area contributed by atoms with Gasteiger partial charge in [0, 0.05) is 10.5 Å². The molecule has 29 heavy (non-hydrogen) atoms. The van der Waals surface area contributed by atoms with Crippen molar-refractivity contribution in [3.05, 3.63) is 96.1 Å². The maximum atomic E-state index is 12.9. The van der Waals surface area contributed by atoms with E-state index in [0.717, 1.165) is 10.5 Å². The summed E-state index contributed by atoms with van der Waals surface area (Å²) in [6.07, 6.45) is 0. The van der Waals surface area contributed by atoms with Gasteiger partial charge in [0.25, 0.3) is 11.8 Å². The van der Waals surface area contributed by atoms with E-state index in [0.29, 0.717) is 17.9 Å². The van der Waals surface area contributed by atoms with Crippen molar-refractivity contribution >= 4 is 23.6 Å². The van der Waals surface area contributed by atoms with Crippen LogP contribution in [0.25, 0.3) is 0 Å². The molecular weight excluding hydrogens is 384 g/mol. The first-order valence-electron chi connectivity index (χ1n) is 9.27. The Morgan fingerprint density at radius 2 is 1.48 bits per heavy atom. The minimum atomic E-state index is -0.501. The van der Waals surface area contributed by atoms with E-state index in [-0.39, 0.29) is 5.91 Å².